The van der Waals surface area contributed by atoms with Crippen molar-refractivity contribution < 1.29 is 9.72 Å². The Morgan fingerprint density at radius 3 is 2.67 bits per heavy atom. The van der Waals surface area contributed by atoms with Crippen LogP contribution in [0.15, 0.2) is 41.4 Å². The number of thiazole rings is 1. The topological polar surface area (TPSA) is 77.5 Å². The van der Waals surface area contributed by atoms with Crippen LogP contribution in [-0.4, -0.2) is 15.4 Å². The molecule has 2 aromatic carbocycles. The molecule has 24 heavy (non-hydrogen) atoms. The van der Waals surface area contributed by atoms with Crippen molar-refractivity contribution in [2.24, 2.45) is 12.0 Å². The number of rotatable bonds is 2. The van der Waals surface area contributed by atoms with Gasteiger partial charge in [-0.15, -0.1) is 0 Å². The Bertz CT molecular complexity index is 1050. The Morgan fingerprint density at radius 2 is 1.96 bits per heavy atom. The summed E-state index contributed by atoms with van der Waals surface area (Å²) in [5, 5.41) is 10.9. The lowest BCUT2D eigenvalue weighted by Gasteiger charge is -2.02. The summed E-state index contributed by atoms with van der Waals surface area (Å²) < 4.78 is 2.49. The fraction of sp³-hybridized carbons (Fsp3) is 0.176. The molecule has 1 aromatic heterocycles. The van der Waals surface area contributed by atoms with E-state index in [-0.39, 0.29) is 11.6 Å². The fourth-order valence-electron chi connectivity index (χ4n) is 2.46. The normalized spacial score (nSPS) is 11.9. The summed E-state index contributed by atoms with van der Waals surface area (Å²) in [6.07, 6.45) is 0. The SMILES string of the molecule is Cc1ccc(C)c(C(=O)N=c2sc3cc([N+](=O)[O-])ccc3n2C)c1. The second-order valence-corrected chi connectivity index (χ2v) is 6.60. The van der Waals surface area contributed by atoms with Gasteiger partial charge in [0, 0.05) is 24.7 Å². The maximum atomic E-state index is 12.5. The Morgan fingerprint density at radius 1 is 1.21 bits per heavy atom. The van der Waals surface area contributed by atoms with Crippen LogP contribution in [0.1, 0.15) is 21.5 Å². The first-order chi connectivity index (χ1) is 11.4. The van der Waals surface area contributed by atoms with Crippen LogP contribution >= 0.6 is 11.3 Å². The van der Waals surface area contributed by atoms with Crippen LogP contribution in [0.4, 0.5) is 5.69 Å². The van der Waals surface area contributed by atoms with Crippen molar-refractivity contribution >= 4 is 33.1 Å². The summed E-state index contributed by atoms with van der Waals surface area (Å²) in [4.78, 5) is 27.7. The molecule has 0 aliphatic heterocycles. The van der Waals surface area contributed by atoms with Crippen LogP contribution in [0, 0.1) is 24.0 Å². The molecule has 0 N–H and O–H groups in total. The number of benzene rings is 2. The predicted octanol–water partition coefficient (Wildman–Crippen LogP) is 3.51. The number of hydrogen-bond donors (Lipinski definition) is 0. The molecule has 0 aliphatic rings. The summed E-state index contributed by atoms with van der Waals surface area (Å²) >= 11 is 1.26. The van der Waals surface area contributed by atoms with Crippen molar-refractivity contribution in [2.75, 3.05) is 0 Å². The van der Waals surface area contributed by atoms with Gasteiger partial charge in [0.25, 0.3) is 11.6 Å². The lowest BCUT2D eigenvalue weighted by molar-refractivity contribution is -0.384. The minimum atomic E-state index is -0.433. The van der Waals surface area contributed by atoms with E-state index in [0.29, 0.717) is 10.4 Å². The number of nitro groups is 1. The zero-order valence-electron chi connectivity index (χ0n) is 13.4. The van der Waals surface area contributed by atoms with Crippen molar-refractivity contribution in [1.82, 2.24) is 4.57 Å². The van der Waals surface area contributed by atoms with E-state index in [1.807, 2.05) is 32.0 Å². The number of fused-ring (bicyclic) bond motifs is 1. The van der Waals surface area contributed by atoms with E-state index in [1.165, 1.54) is 23.5 Å². The molecule has 3 rings (SSSR count). The van der Waals surface area contributed by atoms with Crippen LogP contribution in [0.3, 0.4) is 0 Å². The smallest absolute Gasteiger partial charge is 0.279 e. The van der Waals surface area contributed by atoms with Gasteiger partial charge < -0.3 is 4.57 Å². The summed E-state index contributed by atoms with van der Waals surface area (Å²) in [6, 6.07) is 10.3. The predicted molar refractivity (Wildman–Crippen MR) is 93.3 cm³/mol. The molecular formula is C17H15N3O3S. The van der Waals surface area contributed by atoms with Crippen molar-refractivity contribution in [3.05, 3.63) is 68.0 Å². The van der Waals surface area contributed by atoms with E-state index in [2.05, 4.69) is 4.99 Å². The monoisotopic (exact) mass is 341 g/mol. The van der Waals surface area contributed by atoms with Crippen LogP contribution in [-0.2, 0) is 7.05 Å². The number of aryl methyl sites for hydroxylation is 3. The molecule has 0 saturated heterocycles. The number of nitro benzene ring substituents is 1. The lowest BCUT2D eigenvalue weighted by atomic mass is 10.1. The number of carbonyl (C=O) groups excluding carboxylic acids is 1. The second kappa shape index (κ2) is 6.01. The van der Waals surface area contributed by atoms with Crippen LogP contribution in [0.5, 0.6) is 0 Å². The fourth-order valence-corrected chi connectivity index (χ4v) is 3.51. The standard InChI is InChI=1S/C17H15N3O3S/c1-10-4-5-11(2)13(8-10)16(21)18-17-19(3)14-7-6-12(20(22)23)9-15(14)24-17/h4-9H,1-3H3. The van der Waals surface area contributed by atoms with Gasteiger partial charge in [0.1, 0.15) is 0 Å². The third-order valence-electron chi connectivity index (χ3n) is 3.82. The maximum absolute atomic E-state index is 12.5. The molecule has 6 nitrogen and oxygen atoms in total. The third kappa shape index (κ3) is 2.85. The third-order valence-corrected chi connectivity index (χ3v) is 4.92. The Balaban J connectivity index is 2.13. The number of non-ortho nitro benzene ring substituents is 1. The summed E-state index contributed by atoms with van der Waals surface area (Å²) in [6.45, 7) is 3.80. The summed E-state index contributed by atoms with van der Waals surface area (Å²) in [7, 11) is 1.79. The first-order valence-electron chi connectivity index (χ1n) is 7.27. The van der Waals surface area contributed by atoms with Crippen molar-refractivity contribution in [1.29, 1.82) is 0 Å². The number of carbonyl (C=O) groups is 1. The largest absolute Gasteiger partial charge is 0.319 e. The molecule has 0 spiro atoms. The Hall–Kier alpha value is -2.80. The highest BCUT2D eigenvalue weighted by Crippen LogP contribution is 2.22. The molecule has 0 fully saturated rings. The van der Waals surface area contributed by atoms with E-state index in [4.69, 9.17) is 0 Å². The highest BCUT2D eigenvalue weighted by molar-refractivity contribution is 7.16. The van der Waals surface area contributed by atoms with E-state index in [0.717, 1.165) is 21.3 Å². The van der Waals surface area contributed by atoms with Crippen molar-refractivity contribution in [3.63, 3.8) is 0 Å². The molecule has 122 valence electrons. The molecule has 0 aliphatic carbocycles. The molecule has 1 heterocycles. The van der Waals surface area contributed by atoms with Gasteiger partial charge in [-0.05, 0) is 31.5 Å². The van der Waals surface area contributed by atoms with Gasteiger partial charge >= 0.3 is 0 Å². The summed E-state index contributed by atoms with van der Waals surface area (Å²) in [5.74, 6) is -0.312. The average molecular weight is 341 g/mol. The van der Waals surface area contributed by atoms with Crippen LogP contribution < -0.4 is 4.80 Å². The molecule has 0 bridgehead atoms. The quantitative estimate of drug-likeness (QED) is 0.528. The first-order valence-corrected chi connectivity index (χ1v) is 8.09. The molecule has 0 radical (unpaired) electrons. The highest BCUT2D eigenvalue weighted by atomic mass is 32.1. The van der Waals surface area contributed by atoms with Crippen molar-refractivity contribution in [3.8, 4) is 0 Å². The molecular weight excluding hydrogens is 326 g/mol. The van der Waals surface area contributed by atoms with Crippen LogP contribution in [0.2, 0.25) is 0 Å². The second-order valence-electron chi connectivity index (χ2n) is 5.59. The van der Waals surface area contributed by atoms with Gasteiger partial charge in [-0.2, -0.15) is 4.99 Å². The number of aromatic nitrogens is 1. The molecule has 7 heteroatoms. The van der Waals surface area contributed by atoms with Gasteiger partial charge in [-0.25, -0.2) is 0 Å². The van der Waals surface area contributed by atoms with Gasteiger partial charge in [0.15, 0.2) is 4.80 Å². The number of hydrogen-bond acceptors (Lipinski definition) is 4. The highest BCUT2D eigenvalue weighted by Gasteiger charge is 2.12. The van der Waals surface area contributed by atoms with Crippen molar-refractivity contribution in [2.45, 2.75) is 13.8 Å². The Kier molecular flexibility index (Phi) is 4.02. The van der Waals surface area contributed by atoms with Gasteiger partial charge in [-0.3, -0.25) is 14.9 Å². The van der Waals surface area contributed by atoms with E-state index >= 15 is 0 Å². The summed E-state index contributed by atoms with van der Waals surface area (Å²) in [5.41, 5.74) is 3.26. The van der Waals surface area contributed by atoms with Crippen LogP contribution in [0.25, 0.3) is 10.2 Å². The van der Waals surface area contributed by atoms with E-state index < -0.39 is 4.92 Å². The molecule has 0 unspecified atom stereocenters. The average Bonchev–Trinajstić information content (AvgIpc) is 2.85. The Labute approximate surface area is 141 Å². The minimum absolute atomic E-state index is 0.0248. The zero-order valence-corrected chi connectivity index (χ0v) is 14.3. The van der Waals surface area contributed by atoms with Gasteiger partial charge in [0.05, 0.1) is 15.1 Å². The van der Waals surface area contributed by atoms with Gasteiger partial charge in [0.2, 0.25) is 0 Å². The molecule has 0 atom stereocenters. The first kappa shape index (κ1) is 16.1. The lowest BCUT2D eigenvalue weighted by Crippen LogP contribution is -2.13. The maximum Gasteiger partial charge on any atom is 0.279 e. The molecule has 0 saturated carbocycles. The van der Waals surface area contributed by atoms with Gasteiger partial charge in [-0.1, -0.05) is 29.0 Å². The number of nitrogens with zero attached hydrogens (tertiary/aromatic N) is 3. The molecule has 3 aromatic rings. The minimum Gasteiger partial charge on any atom is -0.319 e. The molecule has 1 amide bonds. The number of amides is 1. The zero-order chi connectivity index (χ0) is 17.4. The van der Waals surface area contributed by atoms with E-state index in [9.17, 15) is 14.9 Å². The van der Waals surface area contributed by atoms with E-state index in [1.54, 1.807) is 17.7 Å².